The first-order valence-corrected chi connectivity index (χ1v) is 12.4. The first-order valence-electron chi connectivity index (χ1n) is 12.4. The Morgan fingerprint density at radius 1 is 1.03 bits per heavy atom. The third-order valence-corrected chi connectivity index (χ3v) is 7.45. The van der Waals surface area contributed by atoms with E-state index in [1.807, 2.05) is 32.0 Å². The van der Waals surface area contributed by atoms with Crippen LogP contribution in [0.5, 0.6) is 0 Å². The van der Waals surface area contributed by atoms with Gasteiger partial charge in [-0.25, -0.2) is 9.07 Å². The van der Waals surface area contributed by atoms with Gasteiger partial charge in [0.05, 0.1) is 12.1 Å². The summed E-state index contributed by atoms with van der Waals surface area (Å²) in [6.07, 6.45) is 0.871. The fourth-order valence-electron chi connectivity index (χ4n) is 5.26. The summed E-state index contributed by atoms with van der Waals surface area (Å²) in [5.41, 5.74) is 6.92. The van der Waals surface area contributed by atoms with Crippen molar-refractivity contribution in [1.82, 2.24) is 30.1 Å². The second-order valence-electron chi connectivity index (χ2n) is 9.74. The number of benzene rings is 3. The highest BCUT2D eigenvalue weighted by molar-refractivity contribution is 5.83. The zero-order chi connectivity index (χ0) is 25.5. The van der Waals surface area contributed by atoms with Crippen LogP contribution in [0.4, 0.5) is 4.39 Å². The molecule has 0 unspecified atom stereocenters. The van der Waals surface area contributed by atoms with E-state index < -0.39 is 6.04 Å². The van der Waals surface area contributed by atoms with Crippen LogP contribution in [0, 0.1) is 19.7 Å². The third kappa shape index (κ3) is 4.34. The quantitative estimate of drug-likeness (QED) is 0.390. The number of hydrogen-bond donors (Lipinski definition) is 1. The van der Waals surface area contributed by atoms with Gasteiger partial charge in [0.25, 0.3) is 5.56 Å². The molecule has 7 nitrogen and oxygen atoms in total. The summed E-state index contributed by atoms with van der Waals surface area (Å²) in [4.78, 5) is 19.0. The lowest BCUT2D eigenvalue weighted by Gasteiger charge is -2.34. The molecule has 3 aromatic carbocycles. The molecule has 6 rings (SSSR count). The Morgan fingerprint density at radius 3 is 2.62 bits per heavy atom. The van der Waals surface area contributed by atoms with Crippen LogP contribution in [-0.2, 0) is 19.5 Å². The largest absolute Gasteiger partial charge is 0.321 e. The van der Waals surface area contributed by atoms with Gasteiger partial charge >= 0.3 is 0 Å². The Balaban J connectivity index is 1.48. The van der Waals surface area contributed by atoms with E-state index >= 15 is 0 Å². The number of halogens is 1. The van der Waals surface area contributed by atoms with Crippen molar-refractivity contribution in [1.29, 1.82) is 0 Å². The van der Waals surface area contributed by atoms with E-state index in [1.165, 1.54) is 23.3 Å². The molecule has 1 aliphatic rings. The van der Waals surface area contributed by atoms with E-state index in [1.54, 1.807) is 16.8 Å². The van der Waals surface area contributed by atoms with Crippen LogP contribution < -0.4 is 5.56 Å². The average Bonchev–Trinajstić information content (AvgIpc) is 3.36. The SMILES string of the molecule is Cc1ccc2cc([C@@H](c3nnnn3Cc3ccc(F)cc3)N3CCc4ccccc4C3)c(=O)[nH]c2c1C. The van der Waals surface area contributed by atoms with Crippen molar-refractivity contribution in [2.24, 2.45) is 0 Å². The number of aromatic amines is 1. The van der Waals surface area contributed by atoms with E-state index in [2.05, 4.69) is 49.7 Å². The number of rotatable bonds is 5. The van der Waals surface area contributed by atoms with Crippen molar-refractivity contribution in [2.45, 2.75) is 39.4 Å². The number of fused-ring (bicyclic) bond motifs is 2. The molecule has 0 fully saturated rings. The second kappa shape index (κ2) is 9.37. The minimum Gasteiger partial charge on any atom is -0.321 e. The maximum absolute atomic E-state index is 13.6. The standard InChI is InChI=1S/C29H27FN6O/c1-18-7-10-22-15-25(29(37)31-26(22)19(18)2)27(35-14-13-21-5-3-4-6-23(21)17-35)28-32-33-34-36(28)16-20-8-11-24(30)12-9-20/h3-12,15,27H,13-14,16-17H2,1-2H3,(H,31,37)/t27-/m0/s1. The van der Waals surface area contributed by atoms with Gasteiger partial charge in [-0.15, -0.1) is 5.10 Å². The van der Waals surface area contributed by atoms with Gasteiger partial charge in [0.1, 0.15) is 11.9 Å². The van der Waals surface area contributed by atoms with Gasteiger partial charge in [-0.1, -0.05) is 48.5 Å². The number of aromatic nitrogens is 5. The highest BCUT2D eigenvalue weighted by Crippen LogP contribution is 2.32. The predicted octanol–water partition coefficient (Wildman–Crippen LogP) is 4.47. The minimum absolute atomic E-state index is 0.151. The van der Waals surface area contributed by atoms with Crippen molar-refractivity contribution in [3.05, 3.63) is 122 Å². The summed E-state index contributed by atoms with van der Waals surface area (Å²) in [7, 11) is 0. The third-order valence-electron chi connectivity index (χ3n) is 7.45. The minimum atomic E-state index is -0.460. The van der Waals surface area contributed by atoms with E-state index in [4.69, 9.17) is 0 Å². The Bertz CT molecular complexity index is 1660. The highest BCUT2D eigenvalue weighted by atomic mass is 19.1. The predicted molar refractivity (Wildman–Crippen MR) is 140 cm³/mol. The Morgan fingerprint density at radius 2 is 1.81 bits per heavy atom. The van der Waals surface area contributed by atoms with Crippen molar-refractivity contribution in [3.63, 3.8) is 0 Å². The van der Waals surface area contributed by atoms with E-state index in [-0.39, 0.29) is 11.4 Å². The molecular weight excluding hydrogens is 467 g/mol. The molecule has 1 aliphatic heterocycles. The van der Waals surface area contributed by atoms with Crippen LogP contribution in [-0.4, -0.2) is 36.6 Å². The summed E-state index contributed by atoms with van der Waals surface area (Å²) < 4.78 is 15.2. The van der Waals surface area contributed by atoms with Crippen LogP contribution in [0.3, 0.4) is 0 Å². The molecule has 0 amide bonds. The molecule has 8 heteroatoms. The lowest BCUT2D eigenvalue weighted by atomic mass is 9.95. The normalized spacial score (nSPS) is 14.6. The van der Waals surface area contributed by atoms with Crippen LogP contribution in [0.2, 0.25) is 0 Å². The Hall–Kier alpha value is -4.17. The number of H-pyrrole nitrogens is 1. The van der Waals surface area contributed by atoms with Gasteiger partial charge in [0.2, 0.25) is 0 Å². The molecule has 1 atom stereocenters. The molecule has 37 heavy (non-hydrogen) atoms. The van der Waals surface area contributed by atoms with Crippen LogP contribution in [0.1, 0.15) is 45.2 Å². The van der Waals surface area contributed by atoms with Gasteiger partial charge in [-0.05, 0) is 82.1 Å². The molecule has 0 radical (unpaired) electrons. The van der Waals surface area contributed by atoms with Gasteiger partial charge in [0.15, 0.2) is 5.82 Å². The smallest absolute Gasteiger partial charge is 0.253 e. The summed E-state index contributed by atoms with van der Waals surface area (Å²) in [5.74, 6) is 0.288. The lowest BCUT2D eigenvalue weighted by Crippen LogP contribution is -2.38. The van der Waals surface area contributed by atoms with Crippen molar-refractivity contribution < 1.29 is 4.39 Å². The number of aryl methyl sites for hydroxylation is 2. The van der Waals surface area contributed by atoms with Crippen LogP contribution >= 0.6 is 0 Å². The molecule has 0 saturated carbocycles. The number of hydrogen-bond acceptors (Lipinski definition) is 5. The molecule has 0 bridgehead atoms. The highest BCUT2D eigenvalue weighted by Gasteiger charge is 2.32. The topological polar surface area (TPSA) is 79.7 Å². The van der Waals surface area contributed by atoms with Crippen LogP contribution in [0.15, 0.2) is 71.5 Å². The second-order valence-corrected chi connectivity index (χ2v) is 9.74. The summed E-state index contributed by atoms with van der Waals surface area (Å²) in [5, 5.41) is 13.6. The number of pyridine rings is 1. The van der Waals surface area contributed by atoms with E-state index in [9.17, 15) is 9.18 Å². The molecule has 0 spiro atoms. The number of tetrazole rings is 1. The molecular formula is C29H27FN6O. The summed E-state index contributed by atoms with van der Waals surface area (Å²) >= 11 is 0. The molecule has 1 N–H and O–H groups in total. The molecule has 186 valence electrons. The van der Waals surface area contributed by atoms with Crippen molar-refractivity contribution in [2.75, 3.05) is 6.54 Å². The maximum atomic E-state index is 13.6. The van der Waals surface area contributed by atoms with Gasteiger partial charge < -0.3 is 4.98 Å². The fraction of sp³-hybridized carbons (Fsp3) is 0.241. The summed E-state index contributed by atoms with van der Waals surface area (Å²) in [6, 6.07) is 20.3. The van der Waals surface area contributed by atoms with Crippen molar-refractivity contribution in [3.8, 4) is 0 Å². The first kappa shape index (κ1) is 23.2. The molecule has 5 aromatic rings. The van der Waals surface area contributed by atoms with Gasteiger partial charge in [0, 0.05) is 18.7 Å². The molecule has 0 aliphatic carbocycles. The molecule has 0 saturated heterocycles. The maximum Gasteiger partial charge on any atom is 0.253 e. The van der Waals surface area contributed by atoms with Gasteiger partial charge in [-0.2, -0.15) is 0 Å². The Labute approximate surface area is 213 Å². The average molecular weight is 495 g/mol. The number of nitrogens with zero attached hydrogens (tertiary/aromatic N) is 5. The zero-order valence-electron chi connectivity index (χ0n) is 20.8. The lowest BCUT2D eigenvalue weighted by molar-refractivity contribution is 0.194. The van der Waals surface area contributed by atoms with E-state index in [0.717, 1.165) is 40.6 Å². The van der Waals surface area contributed by atoms with Crippen LogP contribution in [0.25, 0.3) is 10.9 Å². The Kier molecular flexibility index (Phi) is 5.88. The number of nitrogens with one attached hydrogen (secondary N) is 1. The fourth-order valence-corrected chi connectivity index (χ4v) is 5.26. The van der Waals surface area contributed by atoms with Gasteiger partial charge in [-0.3, -0.25) is 9.69 Å². The monoisotopic (exact) mass is 494 g/mol. The van der Waals surface area contributed by atoms with E-state index in [0.29, 0.717) is 24.5 Å². The zero-order valence-corrected chi connectivity index (χ0v) is 20.8. The molecule has 2 aromatic heterocycles. The first-order chi connectivity index (χ1) is 18.0. The van der Waals surface area contributed by atoms with Crippen molar-refractivity contribution >= 4 is 10.9 Å². The molecule has 3 heterocycles. The summed E-state index contributed by atoms with van der Waals surface area (Å²) in [6.45, 7) is 5.87.